The summed E-state index contributed by atoms with van der Waals surface area (Å²) in [5.41, 5.74) is 1.96. The normalized spacial score (nSPS) is 11.2. The average molecular weight is 343 g/mol. The fourth-order valence-electron chi connectivity index (χ4n) is 2.36. The van der Waals surface area contributed by atoms with Crippen LogP contribution in [0.4, 0.5) is 5.69 Å². The molecule has 1 aromatic heterocycles. The van der Waals surface area contributed by atoms with Gasteiger partial charge in [0.15, 0.2) is 0 Å². The topological polar surface area (TPSA) is 73.2 Å². The Bertz CT molecular complexity index is 934. The third-order valence-corrected chi connectivity index (χ3v) is 5.10. The first kappa shape index (κ1) is 16.1. The monoisotopic (exact) mass is 343 g/mol. The van der Waals surface area contributed by atoms with E-state index >= 15 is 0 Å². The van der Waals surface area contributed by atoms with Crippen LogP contribution in [-0.4, -0.2) is 25.3 Å². The highest BCUT2D eigenvalue weighted by atomic mass is 32.2. The highest BCUT2D eigenvalue weighted by Crippen LogP contribution is 2.23. The van der Waals surface area contributed by atoms with Gasteiger partial charge in [-0.25, -0.2) is 13.1 Å². The number of anilines is 1. The quantitative estimate of drug-likeness (QED) is 0.773. The maximum atomic E-state index is 12.6. The van der Waals surface area contributed by atoms with Gasteiger partial charge in [0.2, 0.25) is 0 Å². The van der Waals surface area contributed by atoms with Crippen LogP contribution in [0.1, 0.15) is 5.56 Å². The van der Waals surface area contributed by atoms with Crippen molar-refractivity contribution in [3.63, 3.8) is 0 Å². The van der Waals surface area contributed by atoms with Crippen molar-refractivity contribution in [2.75, 3.05) is 11.8 Å². The standard InChI is InChI=1S/C17H17N3O3S/c1-13-12-16(23-2)8-9-17(13)24(21,22)19-14-4-6-15(7-5-14)20-11-3-10-18-20/h3-12,19H,1-2H3. The Kier molecular flexibility index (Phi) is 4.26. The van der Waals surface area contributed by atoms with Crippen LogP contribution in [0, 0.1) is 6.92 Å². The molecule has 0 saturated carbocycles. The number of ether oxygens (including phenoxy) is 1. The van der Waals surface area contributed by atoms with Crippen LogP contribution < -0.4 is 9.46 Å². The second kappa shape index (κ2) is 6.37. The lowest BCUT2D eigenvalue weighted by Crippen LogP contribution is -2.14. The maximum Gasteiger partial charge on any atom is 0.262 e. The van der Waals surface area contributed by atoms with Crippen LogP contribution in [0.3, 0.4) is 0 Å². The van der Waals surface area contributed by atoms with Crippen molar-refractivity contribution in [2.24, 2.45) is 0 Å². The molecule has 2 aromatic carbocycles. The van der Waals surface area contributed by atoms with E-state index in [1.54, 1.807) is 61.3 Å². The van der Waals surface area contributed by atoms with Gasteiger partial charge in [0.1, 0.15) is 5.75 Å². The Balaban J connectivity index is 1.84. The summed E-state index contributed by atoms with van der Waals surface area (Å²) in [6, 6.07) is 13.7. The van der Waals surface area contributed by atoms with Gasteiger partial charge < -0.3 is 4.74 Å². The van der Waals surface area contributed by atoms with E-state index in [0.717, 1.165) is 5.69 Å². The minimum Gasteiger partial charge on any atom is -0.497 e. The fourth-order valence-corrected chi connectivity index (χ4v) is 3.65. The molecule has 0 atom stereocenters. The first-order chi connectivity index (χ1) is 11.5. The minimum atomic E-state index is -3.66. The summed E-state index contributed by atoms with van der Waals surface area (Å²) < 4.78 is 34.5. The predicted molar refractivity (Wildman–Crippen MR) is 92.1 cm³/mol. The van der Waals surface area contributed by atoms with Gasteiger partial charge in [-0.05, 0) is 61.0 Å². The summed E-state index contributed by atoms with van der Waals surface area (Å²) in [6.45, 7) is 1.73. The second-order valence-electron chi connectivity index (χ2n) is 5.23. The lowest BCUT2D eigenvalue weighted by molar-refractivity contribution is 0.414. The third-order valence-electron chi connectivity index (χ3n) is 3.56. The van der Waals surface area contributed by atoms with Gasteiger partial charge in [0.05, 0.1) is 17.7 Å². The Labute approximate surface area is 140 Å². The van der Waals surface area contributed by atoms with Gasteiger partial charge in [-0.15, -0.1) is 0 Å². The molecule has 0 aliphatic rings. The Morgan fingerprint density at radius 1 is 1.12 bits per heavy atom. The molecule has 7 heteroatoms. The Morgan fingerprint density at radius 3 is 2.46 bits per heavy atom. The first-order valence-corrected chi connectivity index (χ1v) is 8.75. The molecule has 3 rings (SSSR count). The van der Waals surface area contributed by atoms with Crippen molar-refractivity contribution in [2.45, 2.75) is 11.8 Å². The first-order valence-electron chi connectivity index (χ1n) is 7.27. The van der Waals surface area contributed by atoms with Crippen molar-refractivity contribution < 1.29 is 13.2 Å². The van der Waals surface area contributed by atoms with Crippen molar-refractivity contribution in [1.29, 1.82) is 0 Å². The van der Waals surface area contributed by atoms with E-state index in [1.807, 2.05) is 12.3 Å². The smallest absolute Gasteiger partial charge is 0.262 e. The molecule has 0 aliphatic heterocycles. The molecule has 24 heavy (non-hydrogen) atoms. The van der Waals surface area contributed by atoms with Crippen molar-refractivity contribution in [3.05, 3.63) is 66.5 Å². The number of sulfonamides is 1. The average Bonchev–Trinajstić information content (AvgIpc) is 3.09. The predicted octanol–water partition coefficient (Wildman–Crippen LogP) is 2.99. The summed E-state index contributed by atoms with van der Waals surface area (Å²) in [4.78, 5) is 0.222. The van der Waals surface area contributed by atoms with Crippen LogP contribution in [0.25, 0.3) is 5.69 Å². The van der Waals surface area contributed by atoms with Gasteiger partial charge >= 0.3 is 0 Å². The van der Waals surface area contributed by atoms with Crippen LogP contribution in [0.5, 0.6) is 5.75 Å². The highest BCUT2D eigenvalue weighted by Gasteiger charge is 2.17. The molecule has 1 heterocycles. The molecule has 0 saturated heterocycles. The molecular weight excluding hydrogens is 326 g/mol. The van der Waals surface area contributed by atoms with Gasteiger partial charge in [-0.3, -0.25) is 4.72 Å². The minimum absolute atomic E-state index is 0.222. The molecule has 0 bridgehead atoms. The number of nitrogens with zero attached hydrogens (tertiary/aromatic N) is 2. The molecule has 0 amide bonds. The molecule has 0 radical (unpaired) electrons. The zero-order valence-corrected chi connectivity index (χ0v) is 14.1. The molecule has 0 fully saturated rings. The molecular formula is C17H17N3O3S. The second-order valence-corrected chi connectivity index (χ2v) is 6.89. The number of hydrogen-bond acceptors (Lipinski definition) is 4. The van der Waals surface area contributed by atoms with E-state index in [2.05, 4.69) is 9.82 Å². The van der Waals surface area contributed by atoms with Gasteiger partial charge in [0.25, 0.3) is 10.0 Å². The van der Waals surface area contributed by atoms with E-state index in [9.17, 15) is 8.42 Å². The van der Waals surface area contributed by atoms with Crippen LogP contribution >= 0.6 is 0 Å². The summed E-state index contributed by atoms with van der Waals surface area (Å²) in [5, 5.41) is 4.13. The number of rotatable bonds is 5. The summed E-state index contributed by atoms with van der Waals surface area (Å²) in [7, 11) is -2.12. The zero-order valence-electron chi connectivity index (χ0n) is 13.3. The number of nitrogens with one attached hydrogen (secondary N) is 1. The van der Waals surface area contributed by atoms with Gasteiger partial charge in [0, 0.05) is 18.1 Å². The molecule has 3 aromatic rings. The fraction of sp³-hybridized carbons (Fsp3) is 0.118. The molecule has 6 nitrogen and oxygen atoms in total. The van der Waals surface area contributed by atoms with Crippen molar-refractivity contribution in [1.82, 2.24) is 9.78 Å². The number of aromatic nitrogens is 2. The summed E-state index contributed by atoms with van der Waals surface area (Å²) >= 11 is 0. The molecule has 1 N–H and O–H groups in total. The van der Waals surface area contributed by atoms with Crippen molar-refractivity contribution >= 4 is 15.7 Å². The Hall–Kier alpha value is -2.80. The van der Waals surface area contributed by atoms with E-state index in [-0.39, 0.29) is 4.90 Å². The number of benzene rings is 2. The van der Waals surface area contributed by atoms with Crippen molar-refractivity contribution in [3.8, 4) is 11.4 Å². The molecule has 0 spiro atoms. The maximum absolute atomic E-state index is 12.6. The largest absolute Gasteiger partial charge is 0.497 e. The van der Waals surface area contributed by atoms with Crippen LogP contribution in [-0.2, 0) is 10.0 Å². The summed E-state index contributed by atoms with van der Waals surface area (Å²) in [5.74, 6) is 0.620. The van der Waals surface area contributed by atoms with Crippen LogP contribution in [0.15, 0.2) is 65.8 Å². The Morgan fingerprint density at radius 2 is 1.88 bits per heavy atom. The molecule has 0 aliphatic carbocycles. The van der Waals surface area contributed by atoms with E-state index in [0.29, 0.717) is 17.0 Å². The van der Waals surface area contributed by atoms with Gasteiger partial charge in [-0.2, -0.15) is 5.10 Å². The SMILES string of the molecule is COc1ccc(S(=O)(=O)Nc2ccc(-n3cccn3)cc2)c(C)c1. The van der Waals surface area contributed by atoms with E-state index < -0.39 is 10.0 Å². The molecule has 0 unspecified atom stereocenters. The zero-order chi connectivity index (χ0) is 17.2. The highest BCUT2D eigenvalue weighted by molar-refractivity contribution is 7.92. The van der Waals surface area contributed by atoms with E-state index in [1.165, 1.54) is 6.07 Å². The number of hydrogen-bond donors (Lipinski definition) is 1. The lowest BCUT2D eigenvalue weighted by atomic mass is 10.2. The lowest BCUT2D eigenvalue weighted by Gasteiger charge is -2.12. The third kappa shape index (κ3) is 3.26. The van der Waals surface area contributed by atoms with Gasteiger partial charge in [-0.1, -0.05) is 0 Å². The van der Waals surface area contributed by atoms with Crippen LogP contribution in [0.2, 0.25) is 0 Å². The summed E-state index contributed by atoms with van der Waals surface area (Å²) in [6.07, 6.45) is 3.50. The number of aryl methyl sites for hydroxylation is 1. The van der Waals surface area contributed by atoms with E-state index in [4.69, 9.17) is 4.74 Å². The molecule has 124 valence electrons. The number of methoxy groups -OCH3 is 1.